The third-order valence-electron chi connectivity index (χ3n) is 5.09. The molecule has 1 amide bonds. The van der Waals surface area contributed by atoms with Crippen molar-refractivity contribution in [3.8, 4) is 0 Å². The van der Waals surface area contributed by atoms with Crippen LogP contribution in [0.15, 0.2) is 40.6 Å². The van der Waals surface area contributed by atoms with Crippen LogP contribution in [0.25, 0.3) is 0 Å². The van der Waals surface area contributed by atoms with E-state index in [1.165, 1.54) is 11.3 Å². The Bertz CT molecular complexity index is 945. The highest BCUT2D eigenvalue weighted by atomic mass is 35.5. The van der Waals surface area contributed by atoms with Crippen molar-refractivity contribution in [1.29, 1.82) is 0 Å². The molecule has 1 saturated heterocycles. The standard InChI is InChI=1S/C21H28ClN3O3S2/c1-2-3-13-23-19-6-4-5-14-25(19)30(27,28)20-12-11-18(29-20)15-24-21(26)16-7-9-17(22)10-8-16/h7-12,19,23H,2-6,13-15H2,1H3,(H,24,26). The highest BCUT2D eigenvalue weighted by molar-refractivity contribution is 7.91. The summed E-state index contributed by atoms with van der Waals surface area (Å²) in [5, 5.41) is 6.80. The largest absolute Gasteiger partial charge is 0.347 e. The van der Waals surface area contributed by atoms with E-state index in [1.54, 1.807) is 40.7 Å². The lowest BCUT2D eigenvalue weighted by Gasteiger charge is -2.34. The van der Waals surface area contributed by atoms with Gasteiger partial charge in [-0.1, -0.05) is 24.9 Å². The number of benzene rings is 1. The first-order valence-corrected chi connectivity index (χ1v) is 12.9. The zero-order valence-electron chi connectivity index (χ0n) is 17.1. The monoisotopic (exact) mass is 469 g/mol. The average molecular weight is 470 g/mol. The molecule has 0 spiro atoms. The van der Waals surface area contributed by atoms with Crippen LogP contribution in [0.1, 0.15) is 54.3 Å². The van der Waals surface area contributed by atoms with Gasteiger partial charge >= 0.3 is 0 Å². The molecule has 0 aliphatic carbocycles. The summed E-state index contributed by atoms with van der Waals surface area (Å²) >= 11 is 7.06. The maximum atomic E-state index is 13.2. The van der Waals surface area contributed by atoms with Crippen molar-refractivity contribution in [2.75, 3.05) is 13.1 Å². The number of halogens is 1. The second-order valence-electron chi connectivity index (χ2n) is 7.35. The van der Waals surface area contributed by atoms with Crippen LogP contribution >= 0.6 is 22.9 Å². The van der Waals surface area contributed by atoms with Crippen molar-refractivity contribution in [3.63, 3.8) is 0 Å². The molecular formula is C21H28ClN3O3S2. The Morgan fingerprint density at radius 2 is 1.97 bits per heavy atom. The van der Waals surface area contributed by atoms with Crippen molar-refractivity contribution in [2.24, 2.45) is 0 Å². The lowest BCUT2D eigenvalue weighted by Crippen LogP contribution is -2.51. The second kappa shape index (κ2) is 10.7. The van der Waals surface area contributed by atoms with E-state index in [4.69, 9.17) is 11.6 Å². The molecule has 1 aliphatic heterocycles. The molecule has 0 bridgehead atoms. The number of sulfonamides is 1. The molecule has 2 N–H and O–H groups in total. The van der Waals surface area contributed by atoms with E-state index in [0.717, 1.165) is 43.5 Å². The van der Waals surface area contributed by atoms with Crippen molar-refractivity contribution in [2.45, 2.75) is 55.9 Å². The van der Waals surface area contributed by atoms with Gasteiger partial charge in [0.1, 0.15) is 4.21 Å². The van der Waals surface area contributed by atoms with Gasteiger partial charge in [0.2, 0.25) is 0 Å². The lowest BCUT2D eigenvalue weighted by atomic mass is 10.1. The summed E-state index contributed by atoms with van der Waals surface area (Å²) < 4.78 is 28.4. The second-order valence-corrected chi connectivity index (χ2v) is 11.1. The topological polar surface area (TPSA) is 78.5 Å². The summed E-state index contributed by atoms with van der Waals surface area (Å²) in [6, 6.07) is 10.0. The predicted molar refractivity (Wildman–Crippen MR) is 121 cm³/mol. The number of amides is 1. The summed E-state index contributed by atoms with van der Waals surface area (Å²) in [5.74, 6) is -0.222. The van der Waals surface area contributed by atoms with Gasteiger partial charge in [0, 0.05) is 22.0 Å². The number of unbranched alkanes of at least 4 members (excludes halogenated alkanes) is 1. The Hall–Kier alpha value is -1.45. The van der Waals surface area contributed by atoms with Gasteiger partial charge in [0.15, 0.2) is 0 Å². The van der Waals surface area contributed by atoms with Gasteiger partial charge in [-0.3, -0.25) is 4.79 Å². The van der Waals surface area contributed by atoms with Crippen molar-refractivity contribution >= 4 is 38.9 Å². The third-order valence-corrected chi connectivity index (χ3v) is 8.81. The number of piperidine rings is 1. The zero-order valence-corrected chi connectivity index (χ0v) is 19.5. The number of nitrogens with zero attached hydrogens (tertiary/aromatic N) is 1. The molecule has 1 aliphatic rings. The number of hydrogen-bond acceptors (Lipinski definition) is 5. The van der Waals surface area contributed by atoms with E-state index in [1.807, 2.05) is 0 Å². The van der Waals surface area contributed by atoms with Gasteiger partial charge in [-0.2, -0.15) is 4.31 Å². The Morgan fingerprint density at radius 1 is 1.20 bits per heavy atom. The molecule has 1 atom stereocenters. The fourth-order valence-corrected chi connectivity index (χ4v) is 6.61. The van der Waals surface area contributed by atoms with Gasteiger partial charge < -0.3 is 10.6 Å². The molecule has 1 unspecified atom stereocenters. The summed E-state index contributed by atoms with van der Waals surface area (Å²) in [6.07, 6.45) is 4.69. The van der Waals surface area contributed by atoms with Crippen LogP contribution in [0.2, 0.25) is 5.02 Å². The number of thiophene rings is 1. The van der Waals surface area contributed by atoms with E-state index < -0.39 is 10.0 Å². The summed E-state index contributed by atoms with van der Waals surface area (Å²) in [4.78, 5) is 13.1. The highest BCUT2D eigenvalue weighted by Crippen LogP contribution is 2.29. The molecule has 6 nitrogen and oxygen atoms in total. The van der Waals surface area contributed by atoms with Crippen molar-refractivity contribution in [3.05, 3.63) is 51.9 Å². The smallest absolute Gasteiger partial charge is 0.253 e. The van der Waals surface area contributed by atoms with Crippen molar-refractivity contribution in [1.82, 2.24) is 14.9 Å². The molecule has 0 radical (unpaired) electrons. The first-order valence-electron chi connectivity index (χ1n) is 10.3. The van der Waals surface area contributed by atoms with E-state index in [9.17, 15) is 13.2 Å². The summed E-state index contributed by atoms with van der Waals surface area (Å²) in [7, 11) is -3.56. The number of rotatable bonds is 9. The van der Waals surface area contributed by atoms with Crippen LogP contribution in [-0.2, 0) is 16.6 Å². The molecule has 2 aromatic rings. The number of nitrogens with one attached hydrogen (secondary N) is 2. The third kappa shape index (κ3) is 5.82. The minimum absolute atomic E-state index is 0.148. The lowest BCUT2D eigenvalue weighted by molar-refractivity contribution is 0.0951. The SMILES string of the molecule is CCCCNC1CCCCN1S(=O)(=O)c1ccc(CNC(=O)c2ccc(Cl)cc2)s1. The number of carbonyl (C=O) groups is 1. The van der Waals surface area contributed by atoms with Gasteiger partial charge in [-0.05, 0) is 68.6 Å². The predicted octanol–water partition coefficient (Wildman–Crippen LogP) is 4.22. The van der Waals surface area contributed by atoms with Gasteiger partial charge in [0.25, 0.3) is 15.9 Å². The van der Waals surface area contributed by atoms with Crippen LogP contribution < -0.4 is 10.6 Å². The first kappa shape index (κ1) is 23.2. The Kier molecular flexibility index (Phi) is 8.30. The molecule has 2 heterocycles. The molecule has 0 saturated carbocycles. The van der Waals surface area contributed by atoms with E-state index in [0.29, 0.717) is 21.3 Å². The molecule has 1 fully saturated rings. The normalized spacial score (nSPS) is 17.7. The fourth-order valence-electron chi connectivity index (χ4n) is 3.42. The molecule has 3 rings (SSSR count). The summed E-state index contributed by atoms with van der Waals surface area (Å²) in [6.45, 7) is 3.75. The highest BCUT2D eigenvalue weighted by Gasteiger charge is 2.34. The van der Waals surface area contributed by atoms with Crippen LogP contribution in [0.3, 0.4) is 0 Å². The number of carbonyl (C=O) groups excluding carboxylic acids is 1. The van der Waals surface area contributed by atoms with Crippen LogP contribution in [0, 0.1) is 0 Å². The molecule has 1 aromatic heterocycles. The van der Waals surface area contributed by atoms with Crippen LogP contribution in [-0.4, -0.2) is 37.9 Å². The van der Waals surface area contributed by atoms with Crippen molar-refractivity contribution < 1.29 is 13.2 Å². The van der Waals surface area contributed by atoms with Gasteiger partial charge in [-0.15, -0.1) is 11.3 Å². The maximum absolute atomic E-state index is 13.2. The fraction of sp³-hybridized carbons (Fsp3) is 0.476. The van der Waals surface area contributed by atoms with Crippen LogP contribution in [0.5, 0.6) is 0 Å². The van der Waals surface area contributed by atoms with E-state index in [2.05, 4.69) is 17.6 Å². The maximum Gasteiger partial charge on any atom is 0.253 e. The molecule has 1 aromatic carbocycles. The van der Waals surface area contributed by atoms with Crippen LogP contribution in [0.4, 0.5) is 0 Å². The molecule has 164 valence electrons. The van der Waals surface area contributed by atoms with Gasteiger partial charge in [0.05, 0.1) is 12.7 Å². The molecule has 30 heavy (non-hydrogen) atoms. The molecule has 9 heteroatoms. The minimum atomic E-state index is -3.56. The Morgan fingerprint density at radius 3 is 2.70 bits per heavy atom. The average Bonchev–Trinajstić information content (AvgIpc) is 3.23. The Balaban J connectivity index is 1.64. The zero-order chi connectivity index (χ0) is 21.6. The minimum Gasteiger partial charge on any atom is -0.347 e. The first-order chi connectivity index (χ1) is 14.4. The summed E-state index contributed by atoms with van der Waals surface area (Å²) in [5.41, 5.74) is 0.512. The quantitative estimate of drug-likeness (QED) is 0.539. The Labute approximate surface area is 187 Å². The number of hydrogen-bond donors (Lipinski definition) is 2. The van der Waals surface area contributed by atoms with Gasteiger partial charge in [-0.25, -0.2) is 8.42 Å². The molecular weight excluding hydrogens is 442 g/mol. The van der Waals surface area contributed by atoms with E-state index >= 15 is 0 Å². The van der Waals surface area contributed by atoms with E-state index in [-0.39, 0.29) is 18.6 Å².